The zero-order valence-corrected chi connectivity index (χ0v) is 11.6. The lowest BCUT2D eigenvalue weighted by atomic mass is 10.2. The van der Waals surface area contributed by atoms with E-state index in [4.69, 9.17) is 10.00 Å². The minimum atomic E-state index is -0.495. The molecule has 1 aromatic carbocycles. The Balaban J connectivity index is 2.86. The van der Waals surface area contributed by atoms with Crippen LogP contribution in [0.2, 0.25) is 0 Å². The molecule has 0 spiro atoms. The number of nitriles is 1. The summed E-state index contributed by atoms with van der Waals surface area (Å²) >= 11 is 0. The Bertz CT molecular complexity index is 500. The molecule has 0 aliphatic carbocycles. The van der Waals surface area contributed by atoms with Gasteiger partial charge in [-0.1, -0.05) is 0 Å². The Kier molecular flexibility index (Phi) is 6.47. The fraction of sp³-hybridized carbons (Fsp3) is 0.429. The second kappa shape index (κ2) is 8.12. The first kappa shape index (κ1) is 15.9. The Morgan fingerprint density at radius 3 is 2.70 bits per heavy atom. The highest BCUT2D eigenvalue weighted by molar-refractivity contribution is 5.70. The van der Waals surface area contributed by atoms with Gasteiger partial charge in [0.2, 0.25) is 0 Å². The van der Waals surface area contributed by atoms with Crippen LogP contribution >= 0.6 is 0 Å². The van der Waals surface area contributed by atoms with Crippen LogP contribution in [0.1, 0.15) is 12.0 Å². The van der Waals surface area contributed by atoms with Crippen LogP contribution in [-0.2, 0) is 14.3 Å². The van der Waals surface area contributed by atoms with Crippen molar-refractivity contribution in [3.05, 3.63) is 29.6 Å². The lowest BCUT2D eigenvalue weighted by molar-refractivity contribution is -0.140. The summed E-state index contributed by atoms with van der Waals surface area (Å²) in [6, 6.07) is 6.12. The molecule has 0 aromatic heterocycles. The maximum atomic E-state index is 14.0. The summed E-state index contributed by atoms with van der Waals surface area (Å²) in [6.45, 7) is 1.16. The van der Waals surface area contributed by atoms with Crippen LogP contribution in [-0.4, -0.2) is 39.9 Å². The highest BCUT2D eigenvalue weighted by Crippen LogP contribution is 2.20. The summed E-state index contributed by atoms with van der Waals surface area (Å²) in [6.07, 6.45) is 0.152. The molecule has 5 nitrogen and oxygen atoms in total. The first-order valence-corrected chi connectivity index (χ1v) is 6.12. The zero-order valence-electron chi connectivity index (χ0n) is 11.6. The number of carbonyl (C=O) groups excluding carboxylic acids is 1. The number of rotatable bonds is 7. The number of halogens is 1. The van der Waals surface area contributed by atoms with Crippen molar-refractivity contribution in [1.29, 1.82) is 5.26 Å². The van der Waals surface area contributed by atoms with Gasteiger partial charge >= 0.3 is 5.97 Å². The predicted octanol–water partition coefficient (Wildman–Crippen LogP) is 1.71. The van der Waals surface area contributed by atoms with Gasteiger partial charge in [-0.3, -0.25) is 4.79 Å². The van der Waals surface area contributed by atoms with Gasteiger partial charge in [0.1, 0.15) is 5.82 Å². The first-order chi connectivity index (χ1) is 9.62. The number of anilines is 1. The van der Waals surface area contributed by atoms with Crippen molar-refractivity contribution in [2.75, 3.05) is 38.8 Å². The molecule has 1 aromatic rings. The Labute approximate surface area is 117 Å². The third-order valence-corrected chi connectivity index (χ3v) is 2.80. The van der Waals surface area contributed by atoms with Crippen molar-refractivity contribution in [1.82, 2.24) is 0 Å². The minimum Gasteiger partial charge on any atom is -0.469 e. The lowest BCUT2D eigenvalue weighted by Gasteiger charge is -2.24. The average Bonchev–Trinajstić information content (AvgIpc) is 2.47. The van der Waals surface area contributed by atoms with Crippen molar-refractivity contribution < 1.29 is 18.7 Å². The van der Waals surface area contributed by atoms with Crippen molar-refractivity contribution >= 4 is 11.7 Å². The molecule has 0 saturated heterocycles. The molecule has 108 valence electrons. The number of esters is 1. The second-order valence-electron chi connectivity index (χ2n) is 4.08. The number of hydrogen-bond acceptors (Lipinski definition) is 5. The van der Waals surface area contributed by atoms with Crippen molar-refractivity contribution in [2.24, 2.45) is 0 Å². The van der Waals surface area contributed by atoms with Crippen LogP contribution in [0, 0.1) is 17.1 Å². The van der Waals surface area contributed by atoms with Crippen LogP contribution < -0.4 is 4.90 Å². The van der Waals surface area contributed by atoms with E-state index in [1.54, 1.807) is 12.0 Å². The summed E-state index contributed by atoms with van der Waals surface area (Å²) in [4.78, 5) is 12.9. The number of carbonyl (C=O) groups is 1. The minimum absolute atomic E-state index is 0.152. The van der Waals surface area contributed by atoms with Gasteiger partial charge in [-0.25, -0.2) is 4.39 Å². The monoisotopic (exact) mass is 280 g/mol. The third kappa shape index (κ3) is 4.52. The smallest absolute Gasteiger partial charge is 0.307 e. The maximum Gasteiger partial charge on any atom is 0.307 e. The zero-order chi connectivity index (χ0) is 15.0. The van der Waals surface area contributed by atoms with Crippen LogP contribution in [0.15, 0.2) is 18.2 Å². The van der Waals surface area contributed by atoms with E-state index in [0.29, 0.717) is 25.4 Å². The molecule has 0 heterocycles. The van der Waals surface area contributed by atoms with Crippen LogP contribution in [0.25, 0.3) is 0 Å². The highest BCUT2D eigenvalue weighted by atomic mass is 19.1. The number of methoxy groups -OCH3 is 2. The highest BCUT2D eigenvalue weighted by Gasteiger charge is 2.14. The van der Waals surface area contributed by atoms with Crippen LogP contribution in [0.5, 0.6) is 0 Å². The Morgan fingerprint density at radius 2 is 2.15 bits per heavy atom. The van der Waals surface area contributed by atoms with E-state index in [2.05, 4.69) is 4.74 Å². The molecule has 1 rings (SSSR count). The van der Waals surface area contributed by atoms with Crippen molar-refractivity contribution in [2.45, 2.75) is 6.42 Å². The van der Waals surface area contributed by atoms with Gasteiger partial charge in [0, 0.05) is 20.2 Å². The summed E-state index contributed by atoms with van der Waals surface area (Å²) in [5.74, 6) is -0.855. The van der Waals surface area contributed by atoms with E-state index >= 15 is 0 Å². The number of benzene rings is 1. The molecule has 0 aliphatic heterocycles. The summed E-state index contributed by atoms with van der Waals surface area (Å²) < 4.78 is 23.5. The molecule has 0 atom stereocenters. The molecule has 0 N–H and O–H groups in total. The Hall–Kier alpha value is -2.13. The molecular weight excluding hydrogens is 263 g/mol. The number of nitrogens with zero attached hydrogens (tertiary/aromatic N) is 2. The quantitative estimate of drug-likeness (QED) is 0.712. The van der Waals surface area contributed by atoms with Gasteiger partial charge in [0.25, 0.3) is 0 Å². The molecular formula is C14H17FN2O3. The van der Waals surface area contributed by atoms with E-state index in [1.807, 2.05) is 6.07 Å². The first-order valence-electron chi connectivity index (χ1n) is 6.12. The van der Waals surface area contributed by atoms with E-state index in [-0.39, 0.29) is 18.0 Å². The molecule has 0 saturated carbocycles. The topological polar surface area (TPSA) is 62.6 Å². The molecule has 6 heteroatoms. The van der Waals surface area contributed by atoms with Gasteiger partial charge in [-0.2, -0.15) is 5.26 Å². The van der Waals surface area contributed by atoms with Gasteiger partial charge in [-0.05, 0) is 18.2 Å². The molecule has 20 heavy (non-hydrogen) atoms. The molecule has 0 unspecified atom stereocenters. The molecule has 0 amide bonds. The number of hydrogen-bond donors (Lipinski definition) is 0. The second-order valence-corrected chi connectivity index (χ2v) is 4.08. The van der Waals surface area contributed by atoms with E-state index in [1.165, 1.54) is 25.3 Å². The maximum absolute atomic E-state index is 14.0. The SMILES string of the molecule is COCCN(CCC(=O)OC)c1ccc(C#N)cc1F. The standard InChI is InChI=1S/C14H17FN2O3/c1-19-8-7-17(6-5-14(18)20-2)13-4-3-11(10-16)9-12(13)15/h3-4,9H,5-8H2,1-2H3. The Morgan fingerprint density at radius 1 is 1.40 bits per heavy atom. The van der Waals surface area contributed by atoms with Gasteiger partial charge in [-0.15, -0.1) is 0 Å². The fourth-order valence-corrected chi connectivity index (χ4v) is 1.72. The normalized spacial score (nSPS) is 9.90. The molecule has 0 radical (unpaired) electrons. The summed E-state index contributed by atoms with van der Waals surface area (Å²) in [5, 5.41) is 8.73. The van der Waals surface area contributed by atoms with Gasteiger partial charge in [0.15, 0.2) is 0 Å². The lowest BCUT2D eigenvalue weighted by Crippen LogP contribution is -2.30. The molecule has 0 aliphatic rings. The fourth-order valence-electron chi connectivity index (χ4n) is 1.72. The molecule has 0 fully saturated rings. The van der Waals surface area contributed by atoms with Gasteiger partial charge < -0.3 is 14.4 Å². The van der Waals surface area contributed by atoms with Gasteiger partial charge in [0.05, 0.1) is 37.5 Å². The summed E-state index contributed by atoms with van der Waals surface area (Å²) in [7, 11) is 2.86. The van der Waals surface area contributed by atoms with E-state index in [9.17, 15) is 9.18 Å². The average molecular weight is 280 g/mol. The van der Waals surface area contributed by atoms with Crippen molar-refractivity contribution in [3.63, 3.8) is 0 Å². The number of ether oxygens (including phenoxy) is 2. The largest absolute Gasteiger partial charge is 0.469 e. The predicted molar refractivity (Wildman–Crippen MR) is 71.8 cm³/mol. The van der Waals surface area contributed by atoms with E-state index < -0.39 is 5.82 Å². The van der Waals surface area contributed by atoms with Crippen molar-refractivity contribution in [3.8, 4) is 6.07 Å². The van der Waals surface area contributed by atoms with Crippen LogP contribution in [0.4, 0.5) is 10.1 Å². The third-order valence-electron chi connectivity index (χ3n) is 2.80. The molecule has 0 bridgehead atoms. The summed E-state index contributed by atoms with van der Waals surface area (Å²) in [5.41, 5.74) is 0.593. The van der Waals surface area contributed by atoms with E-state index in [0.717, 1.165) is 0 Å². The van der Waals surface area contributed by atoms with Crippen LogP contribution in [0.3, 0.4) is 0 Å².